The maximum Gasteiger partial charge on any atom is 0.335 e. The lowest BCUT2D eigenvalue weighted by atomic mass is 9.86. The first-order valence-electron chi connectivity index (χ1n) is 9.35. The Hall–Kier alpha value is -1.29. The number of rotatable bonds is 5. The second-order valence-electron chi connectivity index (χ2n) is 7.32. The van der Waals surface area contributed by atoms with Crippen molar-refractivity contribution in [3.63, 3.8) is 0 Å². The number of carbonyl (C=O) groups is 1. The molecule has 25 heavy (non-hydrogen) atoms. The van der Waals surface area contributed by atoms with Gasteiger partial charge in [0.1, 0.15) is 5.82 Å². The van der Waals surface area contributed by atoms with E-state index >= 15 is 0 Å². The fourth-order valence-corrected chi connectivity index (χ4v) is 5.97. The van der Waals surface area contributed by atoms with Crippen LogP contribution < -0.4 is 0 Å². The molecule has 3 rings (SSSR count). The highest BCUT2D eigenvalue weighted by Gasteiger charge is 2.44. The number of carbonyl (C=O) groups excluding carboxylic acids is 1. The largest absolute Gasteiger partial charge is 0.463 e. The fourth-order valence-electron chi connectivity index (χ4n) is 4.08. The van der Waals surface area contributed by atoms with Crippen LogP contribution in [-0.4, -0.2) is 23.1 Å². The van der Waals surface area contributed by atoms with E-state index in [1.54, 1.807) is 0 Å². The Morgan fingerprint density at radius 2 is 1.88 bits per heavy atom. The van der Waals surface area contributed by atoms with E-state index in [1.165, 1.54) is 37.8 Å². The average Bonchev–Trinajstić information content (AvgIpc) is 3.23. The number of hydrogen-bond donors (Lipinski definition) is 0. The molecule has 0 amide bonds. The van der Waals surface area contributed by atoms with E-state index in [9.17, 15) is 9.18 Å². The molecule has 0 N–H and O–H groups in total. The first kappa shape index (κ1) is 18.5. The van der Waals surface area contributed by atoms with Crippen LogP contribution in [0, 0.1) is 17.7 Å². The van der Waals surface area contributed by atoms with E-state index in [4.69, 9.17) is 4.74 Å². The van der Waals surface area contributed by atoms with Crippen LogP contribution in [0.1, 0.15) is 52.0 Å². The summed E-state index contributed by atoms with van der Waals surface area (Å²) in [6.07, 6.45) is 4.95. The smallest absolute Gasteiger partial charge is 0.335 e. The third kappa shape index (κ3) is 3.79. The summed E-state index contributed by atoms with van der Waals surface area (Å²) in [4.78, 5) is 12.8. The molecule has 2 aliphatic rings. The zero-order valence-corrected chi connectivity index (χ0v) is 16.1. The molecular formula is C21H27FO2S. The quantitative estimate of drug-likeness (QED) is 0.650. The molecule has 136 valence electrons. The molecule has 0 spiro atoms. The third-order valence-corrected chi connectivity index (χ3v) is 7.22. The van der Waals surface area contributed by atoms with Crippen molar-refractivity contribution in [2.45, 2.75) is 57.0 Å². The standard InChI is InChI=1S/C21H27FO2S/c1-4-24-21(23)18-17(14-9-11-16(22)12-10-14)20(15-7-5-6-8-15)25-19(18)13(2)3/h9-13,15,19-20H,4-8H2,1-3H3. The minimum atomic E-state index is -0.245. The van der Waals surface area contributed by atoms with Crippen LogP contribution in [0.2, 0.25) is 0 Å². The molecular weight excluding hydrogens is 335 g/mol. The summed E-state index contributed by atoms with van der Waals surface area (Å²) in [7, 11) is 0. The number of ether oxygens (including phenoxy) is 1. The number of benzene rings is 1. The van der Waals surface area contributed by atoms with Crippen molar-refractivity contribution >= 4 is 23.3 Å². The summed E-state index contributed by atoms with van der Waals surface area (Å²) in [6, 6.07) is 6.61. The fraction of sp³-hybridized carbons (Fsp3) is 0.571. The van der Waals surface area contributed by atoms with Crippen molar-refractivity contribution in [2.75, 3.05) is 6.61 Å². The molecule has 1 aromatic carbocycles. The van der Waals surface area contributed by atoms with Crippen LogP contribution in [0.4, 0.5) is 4.39 Å². The van der Waals surface area contributed by atoms with Gasteiger partial charge in [-0.25, -0.2) is 9.18 Å². The first-order chi connectivity index (χ1) is 12.0. The van der Waals surface area contributed by atoms with E-state index < -0.39 is 0 Å². The van der Waals surface area contributed by atoms with E-state index in [2.05, 4.69) is 13.8 Å². The number of hydrogen-bond acceptors (Lipinski definition) is 3. The number of thioether (sulfide) groups is 1. The average molecular weight is 363 g/mol. The highest BCUT2D eigenvalue weighted by atomic mass is 32.2. The first-order valence-corrected chi connectivity index (χ1v) is 10.3. The van der Waals surface area contributed by atoms with Gasteiger partial charge >= 0.3 is 5.97 Å². The second-order valence-corrected chi connectivity index (χ2v) is 8.61. The molecule has 2 atom stereocenters. The van der Waals surface area contributed by atoms with Gasteiger partial charge in [-0.15, -0.1) is 11.8 Å². The maximum absolute atomic E-state index is 13.4. The molecule has 1 aliphatic carbocycles. The Morgan fingerprint density at radius 3 is 2.44 bits per heavy atom. The monoisotopic (exact) mass is 362 g/mol. The van der Waals surface area contributed by atoms with Gasteiger partial charge in [0.25, 0.3) is 0 Å². The van der Waals surface area contributed by atoms with Crippen molar-refractivity contribution in [1.29, 1.82) is 0 Å². The Balaban J connectivity index is 2.10. The lowest BCUT2D eigenvalue weighted by Crippen LogP contribution is -2.20. The van der Waals surface area contributed by atoms with Crippen molar-refractivity contribution in [3.05, 3.63) is 41.2 Å². The minimum absolute atomic E-state index is 0.143. The normalized spacial score (nSPS) is 24.4. The SMILES string of the molecule is CCOC(=O)C1=C(c2ccc(F)cc2)C(C2CCCC2)SC1C(C)C. The van der Waals surface area contributed by atoms with Crippen LogP contribution in [0.25, 0.3) is 5.57 Å². The summed E-state index contributed by atoms with van der Waals surface area (Å²) in [5, 5.41) is 0.449. The van der Waals surface area contributed by atoms with Gasteiger partial charge in [-0.2, -0.15) is 0 Å². The van der Waals surface area contributed by atoms with Crippen molar-refractivity contribution < 1.29 is 13.9 Å². The Morgan fingerprint density at radius 1 is 1.24 bits per heavy atom. The zero-order valence-electron chi connectivity index (χ0n) is 15.3. The number of halogens is 1. The van der Waals surface area contributed by atoms with Crippen LogP contribution in [0.5, 0.6) is 0 Å². The highest BCUT2D eigenvalue weighted by molar-refractivity contribution is 8.01. The van der Waals surface area contributed by atoms with Gasteiger partial charge in [-0.3, -0.25) is 0 Å². The van der Waals surface area contributed by atoms with Crippen molar-refractivity contribution in [2.24, 2.45) is 11.8 Å². The Labute approximate surface area is 154 Å². The van der Waals surface area contributed by atoms with E-state index in [0.29, 0.717) is 23.7 Å². The van der Waals surface area contributed by atoms with Gasteiger partial charge in [0, 0.05) is 10.5 Å². The molecule has 1 aliphatic heterocycles. The topological polar surface area (TPSA) is 26.3 Å². The number of esters is 1. The molecule has 0 radical (unpaired) electrons. The van der Waals surface area contributed by atoms with Gasteiger partial charge in [-0.1, -0.05) is 38.8 Å². The van der Waals surface area contributed by atoms with Crippen molar-refractivity contribution in [3.8, 4) is 0 Å². The Bertz CT molecular complexity index is 644. The highest BCUT2D eigenvalue weighted by Crippen LogP contribution is 2.52. The van der Waals surface area contributed by atoms with Crippen LogP contribution in [-0.2, 0) is 9.53 Å². The van der Waals surface area contributed by atoms with Gasteiger partial charge in [-0.05, 0) is 54.9 Å². The summed E-state index contributed by atoms with van der Waals surface area (Å²) in [6.45, 7) is 6.55. The molecule has 0 saturated heterocycles. The molecule has 0 aromatic heterocycles. The summed E-state index contributed by atoms with van der Waals surface area (Å²) >= 11 is 1.92. The van der Waals surface area contributed by atoms with E-state index in [1.807, 2.05) is 30.8 Å². The summed E-state index contributed by atoms with van der Waals surface area (Å²) in [5.41, 5.74) is 2.87. The zero-order chi connectivity index (χ0) is 18.0. The van der Waals surface area contributed by atoms with Crippen molar-refractivity contribution in [1.82, 2.24) is 0 Å². The Kier molecular flexibility index (Phi) is 5.88. The molecule has 1 fully saturated rings. The van der Waals surface area contributed by atoms with E-state index in [0.717, 1.165) is 16.7 Å². The molecule has 1 heterocycles. The lowest BCUT2D eigenvalue weighted by Gasteiger charge is -2.23. The lowest BCUT2D eigenvalue weighted by molar-refractivity contribution is -0.138. The summed E-state index contributed by atoms with van der Waals surface area (Å²) in [5.74, 6) is 0.503. The molecule has 4 heteroatoms. The molecule has 2 unspecified atom stereocenters. The summed E-state index contributed by atoms with van der Waals surface area (Å²) < 4.78 is 18.8. The third-order valence-electron chi connectivity index (χ3n) is 5.24. The van der Waals surface area contributed by atoms with Crippen LogP contribution in [0.3, 0.4) is 0 Å². The maximum atomic E-state index is 13.4. The second kappa shape index (κ2) is 7.94. The van der Waals surface area contributed by atoms with E-state index in [-0.39, 0.29) is 17.0 Å². The molecule has 0 bridgehead atoms. The van der Waals surface area contributed by atoms with Crippen LogP contribution in [0.15, 0.2) is 29.8 Å². The van der Waals surface area contributed by atoms with Gasteiger partial charge in [0.15, 0.2) is 0 Å². The van der Waals surface area contributed by atoms with Gasteiger partial charge in [0.2, 0.25) is 0 Å². The van der Waals surface area contributed by atoms with Gasteiger partial charge < -0.3 is 4.74 Å². The minimum Gasteiger partial charge on any atom is -0.463 e. The van der Waals surface area contributed by atoms with Crippen LogP contribution >= 0.6 is 11.8 Å². The molecule has 2 nitrogen and oxygen atoms in total. The predicted octanol–water partition coefficient (Wildman–Crippen LogP) is 5.47. The molecule has 1 aromatic rings. The molecule has 1 saturated carbocycles. The van der Waals surface area contributed by atoms with Gasteiger partial charge in [0.05, 0.1) is 12.2 Å². The predicted molar refractivity (Wildman–Crippen MR) is 102 cm³/mol.